The molecule has 11 nitrogen and oxygen atoms in total. The van der Waals surface area contributed by atoms with Crippen LogP contribution in [0.2, 0.25) is 0 Å². The maximum atomic E-state index is 14.4. The van der Waals surface area contributed by atoms with Gasteiger partial charge in [0, 0.05) is 48.3 Å². The van der Waals surface area contributed by atoms with E-state index in [1.54, 1.807) is 28.1 Å². The topological polar surface area (TPSA) is 126 Å². The monoisotopic (exact) mass is 726 g/mol. The Balaban J connectivity index is 1.33. The molecule has 0 radical (unpaired) electrons. The maximum absolute atomic E-state index is 14.4. The molecule has 2 fully saturated rings. The van der Waals surface area contributed by atoms with Gasteiger partial charge in [0.05, 0.1) is 5.52 Å². The van der Waals surface area contributed by atoms with E-state index >= 15 is 0 Å². The fraction of sp³-hybridized carbons (Fsp3) is 0.432. The first kappa shape index (κ1) is 34.6. The number of ketones is 1. The minimum Gasteiger partial charge on any atom is -0.325 e. The van der Waals surface area contributed by atoms with Crippen LogP contribution in [0.1, 0.15) is 67.0 Å². The number of likely N-dealkylation sites (tertiary alicyclic amines) is 1. The first-order chi connectivity index (χ1) is 23.4. The minimum absolute atomic E-state index is 0.0636. The van der Waals surface area contributed by atoms with Crippen molar-refractivity contribution in [3.8, 4) is 11.1 Å². The number of amides is 2. The fourth-order valence-electron chi connectivity index (χ4n) is 7.40. The summed E-state index contributed by atoms with van der Waals surface area (Å²) >= 11 is 3.43. The Hall–Kier alpha value is -4.29. The van der Waals surface area contributed by atoms with E-state index in [2.05, 4.69) is 66.7 Å². The molecule has 1 aromatic carbocycles. The lowest BCUT2D eigenvalue weighted by Gasteiger charge is -2.27. The largest absolute Gasteiger partial charge is 0.325 e. The highest BCUT2D eigenvalue weighted by molar-refractivity contribution is 9.10. The van der Waals surface area contributed by atoms with Gasteiger partial charge in [0.15, 0.2) is 5.78 Å². The number of halogens is 1. The van der Waals surface area contributed by atoms with Crippen LogP contribution in [-0.2, 0) is 22.6 Å². The van der Waals surface area contributed by atoms with E-state index in [9.17, 15) is 14.4 Å². The Kier molecular flexibility index (Phi) is 9.81. The quantitative estimate of drug-likeness (QED) is 0.102. The Morgan fingerprint density at radius 2 is 1.90 bits per heavy atom. The van der Waals surface area contributed by atoms with E-state index in [1.807, 2.05) is 38.1 Å². The van der Waals surface area contributed by atoms with Gasteiger partial charge in [-0.25, -0.2) is 15.0 Å². The highest BCUT2D eigenvalue weighted by Crippen LogP contribution is 2.60. The molecule has 4 aromatic rings. The summed E-state index contributed by atoms with van der Waals surface area (Å²) in [5.41, 5.74) is 4.24. The zero-order chi connectivity index (χ0) is 35.0. The number of hydrogen-bond donors (Lipinski definition) is 1. The number of nitrogens with one attached hydrogen (secondary N) is 1. The van der Waals surface area contributed by atoms with Gasteiger partial charge in [-0.1, -0.05) is 25.5 Å². The van der Waals surface area contributed by atoms with E-state index in [0.717, 1.165) is 54.6 Å². The summed E-state index contributed by atoms with van der Waals surface area (Å²) in [5, 5.41) is 8.39. The Morgan fingerprint density at radius 1 is 1.14 bits per heavy atom. The number of carbonyl (C=O) groups is 3. The normalized spacial score (nSPS) is 19.7. The lowest BCUT2D eigenvalue weighted by molar-refractivity contribution is -0.138. The smallest absolute Gasteiger partial charge is 0.248 e. The number of allylic oxidation sites excluding steroid dienone is 1. The number of Topliss-reactive ketones (excluding diaryl/α,β-unsaturated/α-hetero) is 1. The Labute approximate surface area is 295 Å². The second-order valence-corrected chi connectivity index (χ2v) is 14.4. The van der Waals surface area contributed by atoms with Gasteiger partial charge < -0.3 is 15.1 Å². The van der Waals surface area contributed by atoms with Crippen molar-refractivity contribution in [2.24, 2.45) is 5.41 Å². The molecule has 256 valence electrons. The molecule has 1 N–H and O–H groups in total. The van der Waals surface area contributed by atoms with Crippen molar-refractivity contribution in [1.29, 1.82) is 0 Å². The summed E-state index contributed by atoms with van der Waals surface area (Å²) in [6.45, 7) is 13.0. The number of benzene rings is 1. The molecule has 2 aliphatic rings. The number of aryl methyl sites for hydroxylation is 2. The van der Waals surface area contributed by atoms with Crippen molar-refractivity contribution >= 4 is 50.2 Å². The van der Waals surface area contributed by atoms with Gasteiger partial charge in [0.25, 0.3) is 0 Å². The molecule has 1 aliphatic carbocycles. The number of hydrogen-bond acceptors (Lipinski definition) is 8. The molecule has 0 unspecified atom stereocenters. The van der Waals surface area contributed by atoms with E-state index in [1.165, 1.54) is 6.92 Å². The van der Waals surface area contributed by atoms with Crippen LogP contribution in [0.4, 0.5) is 5.82 Å². The highest BCUT2D eigenvalue weighted by Gasteiger charge is 2.67. The van der Waals surface area contributed by atoms with Gasteiger partial charge in [0.2, 0.25) is 11.8 Å². The number of fused-ring (bicyclic) bond motifs is 2. The zero-order valence-corrected chi connectivity index (χ0v) is 30.4. The number of unbranched alkanes of at least 4 members (excludes halogenated alkanes) is 1. The molecule has 1 aliphatic heterocycles. The molecule has 4 heterocycles. The standard InChI is InChI=1S/C37H43BrN8O3/c1-7-9-13-44(6)21-37-16-29(36(49)42-35-25(10-8-2)11-12-31(38)41-35)46(30(37)17-37)32(48)20-45-34-22(3)14-26(27-18-39-24(5)40-19-27)15-28(34)33(43-45)23(4)47/h8,11-12,14-15,18-19,29-30H,2,7,9-10,13,16-17,20-21H2,1,3-6H3,(H,41,42,49)/t29-,30+,37-/m0/s1. The molecule has 49 heavy (non-hydrogen) atoms. The van der Waals surface area contributed by atoms with Crippen LogP contribution in [-0.4, -0.2) is 84.4 Å². The number of piperidine rings is 1. The van der Waals surface area contributed by atoms with E-state index in [0.29, 0.717) is 45.7 Å². The first-order valence-electron chi connectivity index (χ1n) is 16.8. The van der Waals surface area contributed by atoms with E-state index < -0.39 is 6.04 Å². The summed E-state index contributed by atoms with van der Waals surface area (Å²) < 4.78 is 2.23. The SMILES string of the molecule is C=CCc1ccc(Br)nc1NC(=O)[C@@H]1C[C@@]2(CN(C)CCCC)C[C@H]2N1C(=O)Cn1nc(C(C)=O)c2cc(-c3cnc(C)nc3)cc(C)c21. The molecule has 6 rings (SSSR count). The second-order valence-electron chi connectivity index (χ2n) is 13.6. The highest BCUT2D eigenvalue weighted by atomic mass is 79.9. The molecule has 3 atom stereocenters. The van der Waals surface area contributed by atoms with Crippen LogP contribution in [0.15, 0.2) is 53.9 Å². The van der Waals surface area contributed by atoms with Gasteiger partial charge in [0.1, 0.15) is 34.5 Å². The number of rotatable bonds is 13. The number of pyridine rings is 1. The van der Waals surface area contributed by atoms with Crippen LogP contribution < -0.4 is 5.32 Å². The average molecular weight is 728 g/mol. The van der Waals surface area contributed by atoms with E-state index in [4.69, 9.17) is 0 Å². The van der Waals surface area contributed by atoms with Crippen molar-refractivity contribution in [1.82, 2.24) is 34.5 Å². The van der Waals surface area contributed by atoms with Crippen molar-refractivity contribution < 1.29 is 14.4 Å². The third-order valence-electron chi connectivity index (χ3n) is 9.80. The predicted molar refractivity (Wildman–Crippen MR) is 193 cm³/mol. The molecule has 12 heteroatoms. The van der Waals surface area contributed by atoms with E-state index in [-0.39, 0.29) is 35.6 Å². The van der Waals surface area contributed by atoms with Crippen molar-refractivity contribution in [3.63, 3.8) is 0 Å². The summed E-state index contributed by atoms with van der Waals surface area (Å²) in [7, 11) is 2.12. The Bertz CT molecular complexity index is 1940. The molecular weight excluding hydrogens is 684 g/mol. The Morgan fingerprint density at radius 3 is 2.59 bits per heavy atom. The number of aromatic nitrogens is 5. The van der Waals surface area contributed by atoms with Crippen LogP contribution >= 0.6 is 15.9 Å². The van der Waals surface area contributed by atoms with Gasteiger partial charge in [-0.3, -0.25) is 19.1 Å². The minimum atomic E-state index is -0.675. The molecule has 2 amide bonds. The van der Waals surface area contributed by atoms with Gasteiger partial charge in [-0.15, -0.1) is 6.58 Å². The second kappa shape index (κ2) is 13.9. The first-order valence-corrected chi connectivity index (χ1v) is 17.6. The molecule has 0 spiro atoms. The van der Waals surface area contributed by atoms with Gasteiger partial charge in [-0.05, 0) is 104 Å². The third kappa shape index (κ3) is 6.94. The van der Waals surface area contributed by atoms with Gasteiger partial charge in [-0.2, -0.15) is 5.10 Å². The summed E-state index contributed by atoms with van der Waals surface area (Å²) in [5.74, 6) is 0.464. The molecule has 1 saturated carbocycles. The lowest BCUT2D eigenvalue weighted by Crippen LogP contribution is -2.47. The van der Waals surface area contributed by atoms with Crippen molar-refractivity contribution in [2.75, 3.05) is 25.5 Å². The molecule has 1 saturated heterocycles. The fourth-order valence-corrected chi connectivity index (χ4v) is 7.71. The third-order valence-corrected chi connectivity index (χ3v) is 10.2. The summed E-state index contributed by atoms with van der Waals surface area (Å²) in [6, 6.07) is 6.91. The van der Waals surface area contributed by atoms with Crippen LogP contribution in [0, 0.1) is 19.3 Å². The summed E-state index contributed by atoms with van der Waals surface area (Å²) in [6.07, 6.45) is 9.43. The predicted octanol–water partition coefficient (Wildman–Crippen LogP) is 5.93. The molecule has 3 aromatic heterocycles. The number of carbonyl (C=O) groups excluding carboxylic acids is 3. The van der Waals surface area contributed by atoms with Crippen molar-refractivity contribution in [3.05, 3.63) is 76.6 Å². The van der Waals surface area contributed by atoms with Crippen LogP contribution in [0.25, 0.3) is 22.0 Å². The van der Waals surface area contributed by atoms with Crippen LogP contribution in [0.3, 0.4) is 0 Å². The maximum Gasteiger partial charge on any atom is 0.248 e. The molecule has 0 bridgehead atoms. The zero-order valence-electron chi connectivity index (χ0n) is 28.8. The average Bonchev–Trinajstić information content (AvgIpc) is 3.44. The number of nitrogens with zero attached hydrogens (tertiary/aromatic N) is 7. The summed E-state index contributed by atoms with van der Waals surface area (Å²) in [4.78, 5) is 58.7. The van der Waals surface area contributed by atoms with Crippen molar-refractivity contribution in [2.45, 2.75) is 78.4 Å². The van der Waals surface area contributed by atoms with Gasteiger partial charge >= 0.3 is 0 Å². The molecular formula is C37H43BrN8O3. The van der Waals surface area contributed by atoms with Crippen LogP contribution in [0.5, 0.6) is 0 Å². The number of anilines is 1. The lowest BCUT2D eigenvalue weighted by atomic mass is 9.98.